The molecule has 0 aliphatic carbocycles. The van der Waals surface area contributed by atoms with Crippen LogP contribution < -0.4 is 15.5 Å². The van der Waals surface area contributed by atoms with Gasteiger partial charge in [-0.25, -0.2) is 9.59 Å². The zero-order valence-electron chi connectivity index (χ0n) is 20.5. The van der Waals surface area contributed by atoms with Crippen LogP contribution in [-0.4, -0.2) is 50.6 Å². The number of amides is 1. The summed E-state index contributed by atoms with van der Waals surface area (Å²) in [6.45, 7) is 7.99. The molecule has 1 aliphatic heterocycles. The van der Waals surface area contributed by atoms with Crippen molar-refractivity contribution in [3.63, 3.8) is 0 Å². The fraction of sp³-hybridized carbons (Fsp3) is 0.440. The van der Waals surface area contributed by atoms with Crippen molar-refractivity contribution >= 4 is 24.6 Å². The van der Waals surface area contributed by atoms with Crippen LogP contribution in [0.2, 0.25) is 0 Å². The Labute approximate surface area is 201 Å². The van der Waals surface area contributed by atoms with Crippen LogP contribution in [0.5, 0.6) is 5.75 Å². The summed E-state index contributed by atoms with van der Waals surface area (Å²) < 4.78 is 28.0. The molecule has 1 fully saturated rings. The van der Waals surface area contributed by atoms with Crippen LogP contribution in [0.25, 0.3) is 0 Å². The Morgan fingerprint density at radius 2 is 1.62 bits per heavy atom. The van der Waals surface area contributed by atoms with Crippen LogP contribution in [-0.2, 0) is 36.6 Å². The molecule has 1 heterocycles. The van der Waals surface area contributed by atoms with Crippen molar-refractivity contribution < 1.29 is 33.1 Å². The van der Waals surface area contributed by atoms with Gasteiger partial charge in [0.1, 0.15) is 18.4 Å². The second-order valence-electron chi connectivity index (χ2n) is 9.15. The summed E-state index contributed by atoms with van der Waals surface area (Å²) in [6.07, 6.45) is -0.525. The van der Waals surface area contributed by atoms with Gasteiger partial charge in [0.05, 0.1) is 25.4 Å². The number of hydrogen-bond donors (Lipinski definition) is 1. The van der Waals surface area contributed by atoms with Gasteiger partial charge in [0, 0.05) is 11.9 Å². The lowest BCUT2D eigenvalue weighted by atomic mass is 9.77. The highest BCUT2D eigenvalue weighted by molar-refractivity contribution is 6.63. The monoisotopic (exact) mass is 469 g/mol. The number of carbonyl (C=O) groups is 2. The van der Waals surface area contributed by atoms with Gasteiger partial charge in [0.2, 0.25) is 0 Å². The number of alkyl carbamates (subject to hydrolysis) is 1. The van der Waals surface area contributed by atoms with Crippen LogP contribution >= 0.6 is 0 Å². The topological polar surface area (TPSA) is 92.3 Å². The molecule has 1 aliphatic rings. The molecule has 0 spiro atoms. The number of esters is 1. The molecule has 9 heteroatoms. The molecule has 3 rings (SSSR count). The molecule has 0 radical (unpaired) electrons. The van der Waals surface area contributed by atoms with Crippen LogP contribution in [0, 0.1) is 0 Å². The Morgan fingerprint density at radius 3 is 2.21 bits per heavy atom. The molecular formula is C25H32BNO7. The Balaban J connectivity index is 1.74. The van der Waals surface area contributed by atoms with Crippen molar-refractivity contribution in [2.75, 3.05) is 14.2 Å². The maximum Gasteiger partial charge on any atom is 0.498 e. The van der Waals surface area contributed by atoms with E-state index in [0.29, 0.717) is 11.2 Å². The Hall–Kier alpha value is -3.04. The van der Waals surface area contributed by atoms with E-state index in [9.17, 15) is 9.59 Å². The van der Waals surface area contributed by atoms with Gasteiger partial charge in [-0.15, -0.1) is 0 Å². The third-order valence-electron chi connectivity index (χ3n) is 6.23. The van der Waals surface area contributed by atoms with E-state index in [1.54, 1.807) is 13.2 Å². The first-order valence-electron chi connectivity index (χ1n) is 11.1. The van der Waals surface area contributed by atoms with Gasteiger partial charge in [-0.2, -0.15) is 0 Å². The average Bonchev–Trinajstić information content (AvgIpc) is 3.04. The number of methoxy groups -OCH3 is 2. The summed E-state index contributed by atoms with van der Waals surface area (Å²) >= 11 is 0. The van der Waals surface area contributed by atoms with Crippen molar-refractivity contribution in [3.8, 4) is 5.75 Å². The van der Waals surface area contributed by atoms with E-state index < -0.39 is 36.4 Å². The van der Waals surface area contributed by atoms with Crippen LogP contribution in [0.1, 0.15) is 38.8 Å². The molecule has 1 N–H and O–H groups in total. The number of carbonyl (C=O) groups excluding carboxylic acids is 2. The molecule has 1 saturated heterocycles. The van der Waals surface area contributed by atoms with Gasteiger partial charge in [-0.1, -0.05) is 42.5 Å². The van der Waals surface area contributed by atoms with E-state index in [0.717, 1.165) is 11.1 Å². The highest BCUT2D eigenvalue weighted by atomic mass is 16.7. The Bertz CT molecular complexity index is 994. The quantitative estimate of drug-likeness (QED) is 0.470. The third kappa shape index (κ3) is 5.90. The zero-order valence-corrected chi connectivity index (χ0v) is 20.5. The number of hydrogen-bond acceptors (Lipinski definition) is 7. The van der Waals surface area contributed by atoms with E-state index in [1.807, 2.05) is 70.2 Å². The van der Waals surface area contributed by atoms with E-state index in [2.05, 4.69) is 5.32 Å². The summed E-state index contributed by atoms with van der Waals surface area (Å²) in [6, 6.07) is 13.8. The molecule has 0 aromatic heterocycles. The summed E-state index contributed by atoms with van der Waals surface area (Å²) in [4.78, 5) is 24.7. The first-order valence-corrected chi connectivity index (χ1v) is 11.1. The fourth-order valence-corrected chi connectivity index (χ4v) is 3.54. The molecule has 2 aromatic carbocycles. The van der Waals surface area contributed by atoms with Gasteiger partial charge < -0.3 is 28.8 Å². The second-order valence-corrected chi connectivity index (χ2v) is 9.15. The Morgan fingerprint density at radius 1 is 0.971 bits per heavy atom. The molecule has 182 valence electrons. The van der Waals surface area contributed by atoms with E-state index in [-0.39, 0.29) is 13.0 Å². The lowest BCUT2D eigenvalue weighted by Crippen LogP contribution is -2.43. The van der Waals surface area contributed by atoms with Crippen molar-refractivity contribution in [1.29, 1.82) is 0 Å². The molecule has 0 bridgehead atoms. The molecule has 34 heavy (non-hydrogen) atoms. The Kier molecular flexibility index (Phi) is 7.89. The smallest absolute Gasteiger partial charge is 0.497 e. The van der Waals surface area contributed by atoms with Gasteiger partial charge in [-0.3, -0.25) is 0 Å². The fourth-order valence-electron chi connectivity index (χ4n) is 3.54. The van der Waals surface area contributed by atoms with Gasteiger partial charge in [0.15, 0.2) is 0 Å². The van der Waals surface area contributed by atoms with Crippen molar-refractivity contribution in [3.05, 3.63) is 59.7 Å². The lowest BCUT2D eigenvalue weighted by molar-refractivity contribution is -0.143. The van der Waals surface area contributed by atoms with Crippen LogP contribution in [0.3, 0.4) is 0 Å². The third-order valence-corrected chi connectivity index (χ3v) is 6.23. The van der Waals surface area contributed by atoms with Crippen molar-refractivity contribution in [2.45, 2.75) is 58.0 Å². The standard InChI is InChI=1S/C25H32BNO7/c1-24(2)25(3,4)34-26(33-24)19-14-18(12-13-21(19)30-5)15-20(22(28)31-6)27-23(29)32-16-17-10-8-7-9-11-17/h7-14,20H,15-16H2,1-6H3,(H,27,29)/t20-/m0/s1. The minimum absolute atomic E-state index is 0.0924. The van der Waals surface area contributed by atoms with Gasteiger partial charge in [-0.05, 0) is 44.9 Å². The highest BCUT2D eigenvalue weighted by Crippen LogP contribution is 2.37. The minimum atomic E-state index is -0.937. The first kappa shape index (κ1) is 25.6. The molecule has 1 atom stereocenters. The molecule has 8 nitrogen and oxygen atoms in total. The number of benzene rings is 2. The van der Waals surface area contributed by atoms with E-state index in [4.69, 9.17) is 23.5 Å². The number of nitrogens with one attached hydrogen (secondary N) is 1. The normalized spacial score (nSPS) is 17.1. The maximum absolute atomic E-state index is 12.4. The summed E-state index contributed by atoms with van der Waals surface area (Å²) in [5.74, 6) is 0.0248. The second kappa shape index (κ2) is 10.5. The van der Waals surface area contributed by atoms with Crippen LogP contribution in [0.4, 0.5) is 4.79 Å². The molecule has 0 unspecified atom stereocenters. The van der Waals surface area contributed by atoms with E-state index in [1.165, 1.54) is 7.11 Å². The number of rotatable bonds is 8. The zero-order chi connectivity index (χ0) is 24.9. The molecule has 2 aromatic rings. The first-order chi connectivity index (χ1) is 16.1. The maximum atomic E-state index is 12.4. The summed E-state index contributed by atoms with van der Waals surface area (Å²) in [7, 11) is 2.21. The SMILES string of the molecule is COC(=O)[C@H](Cc1ccc(OC)c(B2OC(C)(C)C(C)(C)O2)c1)NC(=O)OCc1ccccc1. The van der Waals surface area contributed by atoms with E-state index >= 15 is 0 Å². The molecule has 1 amide bonds. The minimum Gasteiger partial charge on any atom is -0.497 e. The summed E-state index contributed by atoms with van der Waals surface area (Å²) in [5, 5.41) is 2.60. The average molecular weight is 469 g/mol. The lowest BCUT2D eigenvalue weighted by Gasteiger charge is -2.32. The van der Waals surface area contributed by atoms with Crippen molar-refractivity contribution in [1.82, 2.24) is 5.32 Å². The molecular weight excluding hydrogens is 437 g/mol. The van der Waals surface area contributed by atoms with Gasteiger partial charge >= 0.3 is 19.2 Å². The van der Waals surface area contributed by atoms with Crippen molar-refractivity contribution in [2.24, 2.45) is 0 Å². The summed E-state index contributed by atoms with van der Waals surface area (Å²) in [5.41, 5.74) is 1.28. The van der Waals surface area contributed by atoms with Gasteiger partial charge in [0.25, 0.3) is 0 Å². The number of ether oxygens (including phenoxy) is 3. The predicted molar refractivity (Wildman–Crippen MR) is 128 cm³/mol. The predicted octanol–water partition coefficient (Wildman–Crippen LogP) is 3.00. The molecule has 0 saturated carbocycles. The highest BCUT2D eigenvalue weighted by Gasteiger charge is 2.52. The van der Waals surface area contributed by atoms with Crippen LogP contribution in [0.15, 0.2) is 48.5 Å². The largest absolute Gasteiger partial charge is 0.498 e.